The van der Waals surface area contributed by atoms with Crippen molar-refractivity contribution in [3.8, 4) is 0 Å². The number of rotatable bonds is 4. The van der Waals surface area contributed by atoms with Crippen molar-refractivity contribution >= 4 is 21.5 Å². The smallest absolute Gasteiger partial charge is 0.238 e. The summed E-state index contributed by atoms with van der Waals surface area (Å²) in [5.74, 6) is 0.183. The quantitative estimate of drug-likeness (QED) is 0.836. The highest BCUT2D eigenvalue weighted by Gasteiger charge is 2.12. The molecule has 0 saturated heterocycles. The molecule has 0 spiro atoms. The van der Waals surface area contributed by atoms with Crippen LogP contribution in [0.4, 0.5) is 11.5 Å². The Hall–Kier alpha value is -2.08. The van der Waals surface area contributed by atoms with Gasteiger partial charge in [-0.05, 0) is 36.2 Å². The van der Waals surface area contributed by atoms with Gasteiger partial charge >= 0.3 is 0 Å². The Bertz CT molecular complexity index is 667. The van der Waals surface area contributed by atoms with Crippen molar-refractivity contribution in [2.75, 3.05) is 10.5 Å². The molecule has 6 heteroatoms. The highest BCUT2D eigenvalue weighted by Crippen LogP contribution is 2.13. The second-order valence-electron chi connectivity index (χ2n) is 4.33. The lowest BCUT2D eigenvalue weighted by molar-refractivity contribution is 0.600. The fourth-order valence-corrected chi connectivity index (χ4v) is 2.76. The molecule has 3 N–H and O–H groups in total. The van der Waals surface area contributed by atoms with E-state index in [-0.39, 0.29) is 5.75 Å². The number of pyridine rings is 1. The molecule has 0 radical (unpaired) electrons. The summed E-state index contributed by atoms with van der Waals surface area (Å²) in [7, 11) is -3.49. The third kappa shape index (κ3) is 3.96. The molecule has 0 bridgehead atoms. The molecular weight excluding hydrogens is 262 g/mol. The molecule has 0 unspecified atom stereocenters. The van der Waals surface area contributed by atoms with Gasteiger partial charge in [-0.15, -0.1) is 0 Å². The van der Waals surface area contributed by atoms with Crippen LogP contribution < -0.4 is 10.5 Å². The summed E-state index contributed by atoms with van der Waals surface area (Å²) in [6.45, 7) is 1.89. The van der Waals surface area contributed by atoms with E-state index in [2.05, 4.69) is 9.71 Å². The summed E-state index contributed by atoms with van der Waals surface area (Å²) in [6, 6.07) is 10.2. The molecule has 1 heterocycles. The maximum atomic E-state index is 12.0. The Morgan fingerprint density at radius 2 is 2.05 bits per heavy atom. The lowest BCUT2D eigenvalue weighted by Gasteiger charge is -2.08. The first kappa shape index (κ1) is 13.4. The van der Waals surface area contributed by atoms with E-state index in [1.807, 2.05) is 6.92 Å². The van der Waals surface area contributed by atoms with Crippen molar-refractivity contribution in [3.05, 3.63) is 53.7 Å². The van der Waals surface area contributed by atoms with E-state index >= 15 is 0 Å². The molecule has 0 aliphatic carbocycles. The van der Waals surface area contributed by atoms with Crippen LogP contribution >= 0.6 is 0 Å². The highest BCUT2D eigenvalue weighted by molar-refractivity contribution is 7.91. The summed E-state index contributed by atoms with van der Waals surface area (Å²) in [4.78, 5) is 4.01. The molecule has 100 valence electrons. The van der Waals surface area contributed by atoms with Crippen LogP contribution in [0.5, 0.6) is 0 Å². The van der Waals surface area contributed by atoms with Crippen molar-refractivity contribution < 1.29 is 8.42 Å². The van der Waals surface area contributed by atoms with Crippen LogP contribution in [0, 0.1) is 6.92 Å². The molecule has 0 fully saturated rings. The Labute approximate surface area is 112 Å². The second-order valence-corrected chi connectivity index (χ2v) is 6.05. The topological polar surface area (TPSA) is 85.1 Å². The van der Waals surface area contributed by atoms with Crippen molar-refractivity contribution in [2.45, 2.75) is 12.7 Å². The summed E-state index contributed by atoms with van der Waals surface area (Å²) < 4.78 is 26.4. The zero-order valence-corrected chi connectivity index (χ0v) is 11.3. The van der Waals surface area contributed by atoms with Crippen LogP contribution in [0.1, 0.15) is 11.1 Å². The first-order valence-electron chi connectivity index (χ1n) is 5.72. The van der Waals surface area contributed by atoms with Crippen LogP contribution in [0.25, 0.3) is 0 Å². The Morgan fingerprint density at radius 1 is 1.26 bits per heavy atom. The number of nitrogens with zero attached hydrogens (tertiary/aromatic N) is 1. The van der Waals surface area contributed by atoms with E-state index < -0.39 is 10.0 Å². The van der Waals surface area contributed by atoms with E-state index in [1.54, 1.807) is 42.6 Å². The minimum Gasteiger partial charge on any atom is -0.399 e. The molecule has 0 atom stereocenters. The van der Waals surface area contributed by atoms with Crippen molar-refractivity contribution in [2.24, 2.45) is 0 Å². The first-order valence-corrected chi connectivity index (χ1v) is 7.37. The van der Waals surface area contributed by atoms with Crippen molar-refractivity contribution in [1.82, 2.24) is 4.98 Å². The molecule has 0 amide bonds. The maximum Gasteiger partial charge on any atom is 0.238 e. The average Bonchev–Trinajstić information content (AvgIpc) is 2.31. The number of hydrogen-bond acceptors (Lipinski definition) is 4. The van der Waals surface area contributed by atoms with Crippen molar-refractivity contribution in [3.63, 3.8) is 0 Å². The van der Waals surface area contributed by atoms with Gasteiger partial charge in [-0.25, -0.2) is 13.4 Å². The molecule has 1 aromatic carbocycles. The van der Waals surface area contributed by atoms with Gasteiger partial charge in [0.1, 0.15) is 5.82 Å². The normalized spacial score (nSPS) is 11.2. The third-order valence-electron chi connectivity index (χ3n) is 2.48. The highest BCUT2D eigenvalue weighted by atomic mass is 32.2. The number of sulfonamides is 1. The molecule has 1 aromatic heterocycles. The summed E-state index contributed by atoms with van der Waals surface area (Å²) in [6.07, 6.45) is 1.61. The van der Waals surface area contributed by atoms with E-state index in [1.165, 1.54) is 0 Å². The van der Waals surface area contributed by atoms with Crippen LogP contribution in [-0.2, 0) is 15.8 Å². The molecular formula is C13H15N3O2S. The molecule has 0 saturated carbocycles. The van der Waals surface area contributed by atoms with Crippen LogP contribution in [0.2, 0.25) is 0 Å². The predicted molar refractivity (Wildman–Crippen MR) is 76.1 cm³/mol. The molecule has 2 rings (SSSR count). The Morgan fingerprint density at radius 3 is 2.68 bits per heavy atom. The van der Waals surface area contributed by atoms with Gasteiger partial charge in [0.15, 0.2) is 0 Å². The monoisotopic (exact) mass is 277 g/mol. The number of anilines is 2. The van der Waals surface area contributed by atoms with E-state index in [9.17, 15) is 8.42 Å². The van der Waals surface area contributed by atoms with Crippen LogP contribution in [0.15, 0.2) is 42.6 Å². The van der Waals surface area contributed by atoms with Gasteiger partial charge in [0.05, 0.1) is 5.75 Å². The maximum absolute atomic E-state index is 12.0. The summed E-state index contributed by atoms with van der Waals surface area (Å²) >= 11 is 0. The molecule has 19 heavy (non-hydrogen) atoms. The number of hydrogen-bond donors (Lipinski definition) is 2. The molecule has 5 nitrogen and oxygen atoms in total. The van der Waals surface area contributed by atoms with Crippen molar-refractivity contribution in [1.29, 1.82) is 0 Å². The number of nitrogens with one attached hydrogen (secondary N) is 1. The van der Waals surface area contributed by atoms with Gasteiger partial charge < -0.3 is 5.73 Å². The van der Waals surface area contributed by atoms with Crippen LogP contribution in [-0.4, -0.2) is 13.4 Å². The van der Waals surface area contributed by atoms with Gasteiger partial charge in [0.2, 0.25) is 10.0 Å². The lowest BCUT2D eigenvalue weighted by Crippen LogP contribution is -2.16. The number of aromatic nitrogens is 1. The minimum atomic E-state index is -3.49. The largest absolute Gasteiger partial charge is 0.399 e. The first-order chi connectivity index (χ1) is 8.94. The predicted octanol–water partition coefficient (Wildman–Crippen LogP) is 1.91. The van der Waals surface area contributed by atoms with E-state index in [0.29, 0.717) is 17.1 Å². The zero-order valence-electron chi connectivity index (χ0n) is 10.5. The zero-order chi connectivity index (χ0) is 13.9. The number of aryl methyl sites for hydroxylation is 1. The number of nitrogen functional groups attached to an aromatic ring is 1. The standard InChI is InChI=1S/C13H15N3O2S/c1-10-5-6-13(15-8-10)16-19(17,18)9-11-3-2-4-12(14)7-11/h2-8H,9,14H2,1H3,(H,15,16). The van der Waals surface area contributed by atoms with Gasteiger partial charge in [-0.3, -0.25) is 4.72 Å². The van der Waals surface area contributed by atoms with Crippen LogP contribution in [0.3, 0.4) is 0 Å². The van der Waals surface area contributed by atoms with Gasteiger partial charge in [0.25, 0.3) is 0 Å². The molecule has 0 aliphatic rings. The Kier molecular flexibility index (Phi) is 3.71. The second kappa shape index (κ2) is 5.27. The molecule has 0 aliphatic heterocycles. The fourth-order valence-electron chi connectivity index (χ4n) is 1.63. The SMILES string of the molecule is Cc1ccc(NS(=O)(=O)Cc2cccc(N)c2)nc1. The van der Waals surface area contributed by atoms with Gasteiger partial charge in [0, 0.05) is 11.9 Å². The van der Waals surface area contributed by atoms with E-state index in [0.717, 1.165) is 5.56 Å². The summed E-state index contributed by atoms with van der Waals surface area (Å²) in [5.41, 5.74) is 7.77. The fraction of sp³-hybridized carbons (Fsp3) is 0.154. The van der Waals surface area contributed by atoms with E-state index in [4.69, 9.17) is 5.73 Å². The summed E-state index contributed by atoms with van der Waals surface area (Å²) in [5, 5.41) is 0. The number of nitrogens with two attached hydrogens (primary N) is 1. The Balaban J connectivity index is 2.13. The van der Waals surface area contributed by atoms with Gasteiger partial charge in [-0.1, -0.05) is 18.2 Å². The molecule has 2 aromatic rings. The van der Waals surface area contributed by atoms with Gasteiger partial charge in [-0.2, -0.15) is 0 Å². The average molecular weight is 277 g/mol. The lowest BCUT2D eigenvalue weighted by atomic mass is 10.2. The minimum absolute atomic E-state index is 0.131. The number of benzene rings is 1. The third-order valence-corrected chi connectivity index (χ3v) is 3.71.